The fourth-order valence-corrected chi connectivity index (χ4v) is 2.32. The molecule has 0 unspecified atom stereocenters. The van der Waals surface area contributed by atoms with Crippen molar-refractivity contribution < 1.29 is 9.32 Å². The summed E-state index contributed by atoms with van der Waals surface area (Å²) in [6, 6.07) is -0.402. The Kier molecular flexibility index (Phi) is 5.30. The highest BCUT2D eigenvalue weighted by Gasteiger charge is 2.27. The minimum Gasteiger partial charge on any atom is -0.339 e. The van der Waals surface area contributed by atoms with Gasteiger partial charge in [-0.15, -0.1) is 0 Å². The smallest absolute Gasteiger partial charge is 0.239 e. The molecule has 7 heteroatoms. The Morgan fingerprint density at radius 3 is 2.52 bits per heavy atom. The van der Waals surface area contributed by atoms with Crippen LogP contribution in [0.1, 0.15) is 32.5 Å². The molecular weight excluding hydrogens is 270 g/mol. The van der Waals surface area contributed by atoms with Crippen molar-refractivity contribution in [3.63, 3.8) is 0 Å². The van der Waals surface area contributed by atoms with E-state index in [9.17, 15) is 4.79 Å². The fraction of sp³-hybridized carbons (Fsp3) is 0.786. The summed E-state index contributed by atoms with van der Waals surface area (Å²) in [6.45, 7) is 9.64. The quantitative estimate of drug-likeness (QED) is 0.838. The maximum Gasteiger partial charge on any atom is 0.239 e. The first-order valence-electron chi connectivity index (χ1n) is 7.59. The van der Waals surface area contributed by atoms with Crippen LogP contribution in [0.3, 0.4) is 0 Å². The van der Waals surface area contributed by atoms with Gasteiger partial charge in [-0.3, -0.25) is 9.69 Å². The number of carbonyl (C=O) groups is 1. The van der Waals surface area contributed by atoms with Gasteiger partial charge in [0.1, 0.15) is 0 Å². The van der Waals surface area contributed by atoms with Crippen LogP contribution in [0.15, 0.2) is 4.52 Å². The summed E-state index contributed by atoms with van der Waals surface area (Å²) in [6.07, 6.45) is 0.752. The summed E-state index contributed by atoms with van der Waals surface area (Å²) in [5.74, 6) is 1.60. The first kappa shape index (κ1) is 15.9. The molecule has 2 N–H and O–H groups in total. The van der Waals surface area contributed by atoms with Gasteiger partial charge in [0.15, 0.2) is 5.82 Å². The van der Waals surface area contributed by atoms with Crippen LogP contribution >= 0.6 is 0 Å². The fourth-order valence-electron chi connectivity index (χ4n) is 2.32. The molecule has 0 spiro atoms. The van der Waals surface area contributed by atoms with Gasteiger partial charge >= 0.3 is 0 Å². The van der Waals surface area contributed by atoms with E-state index in [1.165, 1.54) is 0 Å². The van der Waals surface area contributed by atoms with Crippen molar-refractivity contribution in [2.75, 3.05) is 26.2 Å². The van der Waals surface area contributed by atoms with Crippen LogP contribution in [0.2, 0.25) is 0 Å². The molecule has 1 aliphatic heterocycles. The molecule has 0 radical (unpaired) electrons. The normalized spacial score (nSPS) is 18.2. The molecule has 2 heterocycles. The molecule has 7 nitrogen and oxygen atoms in total. The Hall–Kier alpha value is -1.47. The van der Waals surface area contributed by atoms with Crippen LogP contribution in [0.5, 0.6) is 0 Å². The Morgan fingerprint density at radius 2 is 2.00 bits per heavy atom. The number of amides is 1. The lowest BCUT2D eigenvalue weighted by Crippen LogP contribution is -2.54. The van der Waals surface area contributed by atoms with Crippen molar-refractivity contribution in [1.82, 2.24) is 19.9 Å². The largest absolute Gasteiger partial charge is 0.339 e. The molecule has 0 saturated carbocycles. The summed E-state index contributed by atoms with van der Waals surface area (Å²) in [5.41, 5.74) is 5.93. The Bertz CT molecular complexity index is 466. The first-order valence-corrected chi connectivity index (χ1v) is 7.59. The van der Waals surface area contributed by atoms with Crippen LogP contribution in [-0.4, -0.2) is 58.1 Å². The van der Waals surface area contributed by atoms with Gasteiger partial charge in [0.25, 0.3) is 0 Å². The van der Waals surface area contributed by atoms with Crippen molar-refractivity contribution >= 4 is 5.91 Å². The van der Waals surface area contributed by atoms with E-state index in [1.807, 2.05) is 25.7 Å². The van der Waals surface area contributed by atoms with Gasteiger partial charge in [-0.1, -0.05) is 25.9 Å². The van der Waals surface area contributed by atoms with E-state index in [4.69, 9.17) is 10.3 Å². The molecular formula is C14H25N5O2. The third-order valence-corrected chi connectivity index (χ3v) is 3.86. The summed E-state index contributed by atoms with van der Waals surface area (Å²) >= 11 is 0. The minimum absolute atomic E-state index is 0.0532. The molecule has 1 fully saturated rings. The molecule has 0 aromatic carbocycles. The van der Waals surface area contributed by atoms with Gasteiger partial charge in [-0.05, 0) is 5.92 Å². The number of carbonyl (C=O) groups excluding carboxylic acids is 1. The Balaban J connectivity index is 1.81. The molecule has 1 amide bonds. The monoisotopic (exact) mass is 295 g/mol. The minimum atomic E-state index is -0.402. The van der Waals surface area contributed by atoms with Gasteiger partial charge < -0.3 is 15.2 Å². The topological polar surface area (TPSA) is 88.5 Å². The lowest BCUT2D eigenvalue weighted by atomic mass is 10.0. The third kappa shape index (κ3) is 4.01. The highest BCUT2D eigenvalue weighted by Crippen LogP contribution is 2.10. The zero-order valence-electron chi connectivity index (χ0n) is 13.1. The number of hydrogen-bond acceptors (Lipinski definition) is 6. The highest BCUT2D eigenvalue weighted by molar-refractivity contribution is 5.82. The first-order chi connectivity index (χ1) is 10.0. The van der Waals surface area contributed by atoms with Crippen LogP contribution in [-0.2, 0) is 17.8 Å². The van der Waals surface area contributed by atoms with E-state index in [-0.39, 0.29) is 11.8 Å². The maximum absolute atomic E-state index is 12.2. The molecule has 0 bridgehead atoms. The number of nitrogens with two attached hydrogens (primary N) is 1. The number of nitrogens with zero attached hydrogens (tertiary/aromatic N) is 4. The molecule has 1 aromatic rings. The van der Waals surface area contributed by atoms with Gasteiger partial charge in [-0.2, -0.15) is 4.98 Å². The Labute approximate surface area is 125 Å². The average molecular weight is 295 g/mol. The molecule has 0 aliphatic carbocycles. The number of hydrogen-bond donors (Lipinski definition) is 1. The predicted octanol–water partition coefficient (Wildman–Crippen LogP) is 0.260. The van der Waals surface area contributed by atoms with Crippen molar-refractivity contribution in [2.24, 2.45) is 11.7 Å². The van der Waals surface area contributed by atoms with Crippen LogP contribution in [0.4, 0.5) is 0 Å². The summed E-state index contributed by atoms with van der Waals surface area (Å²) < 4.78 is 5.10. The summed E-state index contributed by atoms with van der Waals surface area (Å²) in [7, 11) is 0. The summed E-state index contributed by atoms with van der Waals surface area (Å²) in [4.78, 5) is 20.6. The number of piperazine rings is 1. The zero-order valence-corrected chi connectivity index (χ0v) is 13.1. The van der Waals surface area contributed by atoms with E-state index in [0.717, 1.165) is 19.5 Å². The third-order valence-electron chi connectivity index (χ3n) is 3.86. The molecule has 2 rings (SSSR count). The number of aromatic nitrogens is 2. The second-order valence-corrected chi connectivity index (χ2v) is 5.83. The molecule has 1 aliphatic rings. The van der Waals surface area contributed by atoms with Gasteiger partial charge in [0.2, 0.25) is 11.8 Å². The van der Waals surface area contributed by atoms with Gasteiger partial charge in [0.05, 0.1) is 12.6 Å². The van der Waals surface area contributed by atoms with Crippen LogP contribution < -0.4 is 5.73 Å². The Morgan fingerprint density at radius 1 is 1.33 bits per heavy atom. The van der Waals surface area contributed by atoms with Crippen molar-refractivity contribution in [3.05, 3.63) is 11.7 Å². The lowest BCUT2D eigenvalue weighted by Gasteiger charge is -2.35. The maximum atomic E-state index is 12.2. The molecule has 1 atom stereocenters. The van der Waals surface area contributed by atoms with Crippen molar-refractivity contribution in [3.8, 4) is 0 Å². The average Bonchev–Trinajstić information content (AvgIpc) is 2.94. The van der Waals surface area contributed by atoms with E-state index >= 15 is 0 Å². The molecule has 118 valence electrons. The van der Waals surface area contributed by atoms with Crippen LogP contribution in [0.25, 0.3) is 0 Å². The number of aryl methyl sites for hydroxylation is 1. The standard InChI is InChI=1S/C14H25N5O2/c1-4-12-16-11(17-21-12)9-18-5-7-19(8-6-18)14(20)13(15)10(2)3/h10,13H,4-9,15H2,1-3H3/t13-/m0/s1. The molecule has 1 aromatic heterocycles. The van der Waals surface area contributed by atoms with E-state index in [2.05, 4.69) is 15.0 Å². The lowest BCUT2D eigenvalue weighted by molar-refractivity contribution is -0.135. The molecule has 21 heavy (non-hydrogen) atoms. The molecule has 1 saturated heterocycles. The van der Waals surface area contributed by atoms with Crippen molar-refractivity contribution in [1.29, 1.82) is 0 Å². The second-order valence-electron chi connectivity index (χ2n) is 5.83. The van der Waals surface area contributed by atoms with E-state index < -0.39 is 6.04 Å². The van der Waals surface area contributed by atoms with E-state index in [0.29, 0.717) is 31.3 Å². The van der Waals surface area contributed by atoms with Crippen molar-refractivity contribution in [2.45, 2.75) is 39.8 Å². The van der Waals surface area contributed by atoms with Crippen LogP contribution in [0, 0.1) is 5.92 Å². The second kappa shape index (κ2) is 7.00. The predicted molar refractivity (Wildman–Crippen MR) is 78.3 cm³/mol. The zero-order chi connectivity index (χ0) is 15.4. The highest BCUT2D eigenvalue weighted by atomic mass is 16.5. The SMILES string of the molecule is CCc1nc(CN2CCN(C(=O)[C@@H](N)C(C)C)CC2)no1. The summed E-state index contributed by atoms with van der Waals surface area (Å²) in [5, 5.41) is 3.96. The van der Waals surface area contributed by atoms with E-state index in [1.54, 1.807) is 0 Å². The number of rotatable bonds is 5. The van der Waals surface area contributed by atoms with Gasteiger partial charge in [-0.25, -0.2) is 0 Å². The van der Waals surface area contributed by atoms with Gasteiger partial charge in [0, 0.05) is 32.6 Å².